The molecule has 0 atom stereocenters. The molecule has 0 aromatic carbocycles. The molecule has 20 heavy (non-hydrogen) atoms. The molecule has 0 spiro atoms. The third-order valence-electron chi connectivity index (χ3n) is 2.48. The van der Waals surface area contributed by atoms with Gasteiger partial charge in [-0.15, -0.1) is 0 Å². The molecule has 1 heterocycles. The Morgan fingerprint density at radius 1 is 1.45 bits per heavy atom. The van der Waals surface area contributed by atoms with Crippen LogP contribution >= 0.6 is 0 Å². The Bertz CT molecular complexity index is 448. The summed E-state index contributed by atoms with van der Waals surface area (Å²) >= 11 is 0. The van der Waals surface area contributed by atoms with Crippen molar-refractivity contribution in [2.24, 2.45) is 0 Å². The second kappa shape index (κ2) is 8.68. The molecule has 0 radical (unpaired) electrons. The summed E-state index contributed by atoms with van der Waals surface area (Å²) in [5.41, 5.74) is 0.721. The lowest BCUT2D eigenvalue weighted by molar-refractivity contribution is -0.137. The minimum Gasteiger partial charge on any atom is -0.481 e. The van der Waals surface area contributed by atoms with Crippen LogP contribution in [0.4, 0.5) is 4.79 Å². The highest BCUT2D eigenvalue weighted by Gasteiger charge is 2.15. The first kappa shape index (κ1) is 15.7. The van der Waals surface area contributed by atoms with Crippen molar-refractivity contribution in [2.45, 2.75) is 19.4 Å². The van der Waals surface area contributed by atoms with Crippen LogP contribution in [-0.2, 0) is 16.1 Å². The van der Waals surface area contributed by atoms with Crippen molar-refractivity contribution < 1.29 is 19.4 Å². The lowest BCUT2D eigenvalue weighted by Gasteiger charge is -2.21. The number of rotatable bonds is 8. The van der Waals surface area contributed by atoms with Crippen molar-refractivity contribution in [3.05, 3.63) is 42.7 Å². The number of ether oxygens (including phenoxy) is 1. The molecule has 1 aromatic rings. The van der Waals surface area contributed by atoms with Crippen LogP contribution in [0.25, 0.3) is 0 Å². The molecule has 0 saturated carbocycles. The third kappa shape index (κ3) is 5.99. The summed E-state index contributed by atoms with van der Waals surface area (Å²) in [5.74, 6) is -0.887. The second-order valence-electron chi connectivity index (χ2n) is 4.11. The second-order valence-corrected chi connectivity index (χ2v) is 4.11. The molecule has 1 amide bonds. The third-order valence-corrected chi connectivity index (χ3v) is 2.48. The summed E-state index contributed by atoms with van der Waals surface area (Å²) in [6.07, 6.45) is 2.99. The van der Waals surface area contributed by atoms with Crippen molar-refractivity contribution >= 4 is 12.1 Å². The molecule has 1 N–H and O–H groups in total. The molecule has 6 nitrogen and oxygen atoms in total. The van der Waals surface area contributed by atoms with Crippen LogP contribution in [-0.4, -0.2) is 40.2 Å². The Labute approximate surface area is 117 Å². The van der Waals surface area contributed by atoms with Gasteiger partial charge in [0.25, 0.3) is 0 Å². The van der Waals surface area contributed by atoms with E-state index in [0.29, 0.717) is 13.0 Å². The average molecular weight is 278 g/mol. The molecule has 0 saturated heterocycles. The first-order valence-electron chi connectivity index (χ1n) is 6.27. The fraction of sp³-hybridized carbons (Fsp3) is 0.357. The zero-order valence-corrected chi connectivity index (χ0v) is 11.2. The monoisotopic (exact) mass is 278 g/mol. The lowest BCUT2D eigenvalue weighted by atomic mass is 10.2. The Morgan fingerprint density at radius 2 is 2.25 bits per heavy atom. The molecule has 0 unspecified atom stereocenters. The molecule has 1 aromatic heterocycles. The Kier molecular flexibility index (Phi) is 6.81. The van der Waals surface area contributed by atoms with Gasteiger partial charge in [-0.1, -0.05) is 18.7 Å². The number of hydrogen-bond donors (Lipinski definition) is 1. The van der Waals surface area contributed by atoms with Crippen LogP contribution in [0.5, 0.6) is 0 Å². The van der Waals surface area contributed by atoms with Gasteiger partial charge >= 0.3 is 12.1 Å². The molecular weight excluding hydrogens is 260 g/mol. The van der Waals surface area contributed by atoms with E-state index >= 15 is 0 Å². The predicted octanol–water partition coefficient (Wildman–Crippen LogP) is 2.07. The molecule has 0 aliphatic heterocycles. The number of amides is 1. The van der Waals surface area contributed by atoms with Gasteiger partial charge in [0.2, 0.25) is 0 Å². The Balaban J connectivity index is 2.60. The van der Waals surface area contributed by atoms with Crippen LogP contribution in [0.15, 0.2) is 37.1 Å². The standard InChI is InChI=1S/C14H18N2O4/c1-2-10-20-14(19)16(9-5-7-13(17)18)11-12-6-3-4-8-15-12/h2-4,6,8H,1,5,7,9-11H2,(H,17,18). The van der Waals surface area contributed by atoms with E-state index in [9.17, 15) is 9.59 Å². The van der Waals surface area contributed by atoms with Gasteiger partial charge in [-0.05, 0) is 18.6 Å². The normalized spacial score (nSPS) is 9.80. The van der Waals surface area contributed by atoms with E-state index in [-0.39, 0.29) is 19.6 Å². The first-order chi connectivity index (χ1) is 9.63. The fourth-order valence-corrected chi connectivity index (χ4v) is 1.56. The molecule has 108 valence electrons. The van der Waals surface area contributed by atoms with Crippen LogP contribution in [0.1, 0.15) is 18.5 Å². The quantitative estimate of drug-likeness (QED) is 0.736. The molecular formula is C14H18N2O4. The molecule has 1 rings (SSSR count). The number of pyridine rings is 1. The van der Waals surface area contributed by atoms with Gasteiger partial charge in [0.1, 0.15) is 6.61 Å². The Morgan fingerprint density at radius 3 is 2.85 bits per heavy atom. The van der Waals surface area contributed by atoms with Crippen LogP contribution < -0.4 is 0 Å². The number of hydrogen-bond acceptors (Lipinski definition) is 4. The summed E-state index contributed by atoms with van der Waals surface area (Å²) in [4.78, 5) is 28.0. The van der Waals surface area contributed by atoms with E-state index in [2.05, 4.69) is 11.6 Å². The number of carboxylic acids is 1. The van der Waals surface area contributed by atoms with Crippen molar-refractivity contribution in [1.82, 2.24) is 9.88 Å². The van der Waals surface area contributed by atoms with E-state index in [1.165, 1.54) is 11.0 Å². The first-order valence-corrected chi connectivity index (χ1v) is 6.27. The number of nitrogens with zero attached hydrogens (tertiary/aromatic N) is 2. The number of carboxylic acid groups (broad SMARTS) is 1. The minimum atomic E-state index is -0.887. The molecule has 6 heteroatoms. The summed E-state index contributed by atoms with van der Waals surface area (Å²) in [6.45, 7) is 4.19. The molecule has 0 fully saturated rings. The smallest absolute Gasteiger partial charge is 0.410 e. The number of carbonyl (C=O) groups excluding carboxylic acids is 1. The summed E-state index contributed by atoms with van der Waals surface area (Å²) in [7, 11) is 0. The lowest BCUT2D eigenvalue weighted by Crippen LogP contribution is -2.32. The zero-order valence-electron chi connectivity index (χ0n) is 11.2. The molecule has 0 bridgehead atoms. The predicted molar refractivity (Wildman–Crippen MR) is 73.1 cm³/mol. The van der Waals surface area contributed by atoms with Gasteiger partial charge in [0.15, 0.2) is 0 Å². The highest BCUT2D eigenvalue weighted by Crippen LogP contribution is 2.06. The number of aliphatic carboxylic acids is 1. The maximum absolute atomic E-state index is 11.9. The SMILES string of the molecule is C=CCOC(=O)N(CCCC(=O)O)Cc1ccccn1. The van der Waals surface area contributed by atoms with Crippen LogP contribution in [0.2, 0.25) is 0 Å². The van der Waals surface area contributed by atoms with E-state index in [0.717, 1.165) is 5.69 Å². The Hall–Kier alpha value is -2.37. The number of aromatic nitrogens is 1. The topological polar surface area (TPSA) is 79.7 Å². The van der Waals surface area contributed by atoms with Crippen molar-refractivity contribution in [2.75, 3.05) is 13.2 Å². The van der Waals surface area contributed by atoms with Gasteiger partial charge in [0, 0.05) is 19.2 Å². The van der Waals surface area contributed by atoms with Gasteiger partial charge in [-0.3, -0.25) is 9.78 Å². The van der Waals surface area contributed by atoms with Crippen molar-refractivity contribution in [1.29, 1.82) is 0 Å². The average Bonchev–Trinajstić information content (AvgIpc) is 2.44. The maximum Gasteiger partial charge on any atom is 0.410 e. The summed E-state index contributed by atoms with van der Waals surface area (Å²) in [5, 5.41) is 8.64. The van der Waals surface area contributed by atoms with Crippen molar-refractivity contribution in [3.8, 4) is 0 Å². The fourth-order valence-electron chi connectivity index (χ4n) is 1.56. The van der Waals surface area contributed by atoms with Crippen LogP contribution in [0.3, 0.4) is 0 Å². The zero-order chi connectivity index (χ0) is 14.8. The van der Waals surface area contributed by atoms with E-state index < -0.39 is 12.1 Å². The van der Waals surface area contributed by atoms with Gasteiger partial charge in [-0.2, -0.15) is 0 Å². The van der Waals surface area contributed by atoms with Gasteiger partial charge in [-0.25, -0.2) is 4.79 Å². The van der Waals surface area contributed by atoms with Gasteiger partial charge in [0.05, 0.1) is 12.2 Å². The summed E-state index contributed by atoms with van der Waals surface area (Å²) in [6, 6.07) is 5.41. The van der Waals surface area contributed by atoms with E-state index in [1.54, 1.807) is 18.3 Å². The highest BCUT2D eigenvalue weighted by atomic mass is 16.6. The van der Waals surface area contributed by atoms with Crippen LogP contribution in [0, 0.1) is 0 Å². The van der Waals surface area contributed by atoms with Crippen molar-refractivity contribution in [3.63, 3.8) is 0 Å². The van der Waals surface area contributed by atoms with E-state index in [4.69, 9.17) is 9.84 Å². The molecule has 0 aliphatic rings. The highest BCUT2D eigenvalue weighted by molar-refractivity contribution is 5.68. The van der Waals surface area contributed by atoms with E-state index in [1.807, 2.05) is 6.07 Å². The summed E-state index contributed by atoms with van der Waals surface area (Å²) < 4.78 is 4.98. The minimum absolute atomic E-state index is 0.00740. The maximum atomic E-state index is 11.9. The number of carbonyl (C=O) groups is 2. The van der Waals surface area contributed by atoms with Gasteiger partial charge < -0.3 is 14.7 Å². The molecule has 0 aliphatic carbocycles. The largest absolute Gasteiger partial charge is 0.481 e.